The lowest BCUT2D eigenvalue weighted by molar-refractivity contribution is 0.0942. The van der Waals surface area contributed by atoms with Crippen LogP contribution in [0.4, 0.5) is 0 Å². The SMILES string of the molecule is Cc1cc(C(=O)NCCOc2ccccc2-c2ccccc2)n[nH]1. The van der Waals surface area contributed by atoms with Crippen LogP contribution in [0.15, 0.2) is 60.7 Å². The van der Waals surface area contributed by atoms with Gasteiger partial charge in [-0.05, 0) is 24.6 Å². The first-order valence-electron chi connectivity index (χ1n) is 7.81. The number of nitrogens with zero attached hydrogens (tertiary/aromatic N) is 1. The van der Waals surface area contributed by atoms with Gasteiger partial charge in [-0.25, -0.2) is 0 Å². The van der Waals surface area contributed by atoms with Gasteiger partial charge in [0.25, 0.3) is 5.91 Å². The third-order valence-corrected chi connectivity index (χ3v) is 3.56. The van der Waals surface area contributed by atoms with E-state index in [1.165, 1.54) is 0 Å². The topological polar surface area (TPSA) is 67.0 Å². The number of para-hydroxylation sites is 1. The Balaban J connectivity index is 1.57. The summed E-state index contributed by atoms with van der Waals surface area (Å²) in [5.74, 6) is 0.591. The monoisotopic (exact) mass is 321 g/mol. The first-order chi connectivity index (χ1) is 11.7. The standard InChI is InChI=1S/C19H19N3O2/c1-14-13-17(22-21-14)19(23)20-11-12-24-18-10-6-5-9-16(18)15-7-3-2-4-8-15/h2-10,13H,11-12H2,1H3,(H,20,23)(H,21,22). The van der Waals surface area contributed by atoms with Crippen LogP contribution in [0.2, 0.25) is 0 Å². The molecule has 3 aromatic rings. The number of benzene rings is 2. The van der Waals surface area contributed by atoms with Crippen molar-refractivity contribution in [2.24, 2.45) is 0 Å². The molecule has 0 aliphatic heterocycles. The minimum absolute atomic E-state index is 0.209. The number of carbonyl (C=O) groups is 1. The maximum atomic E-state index is 11.9. The number of aromatic amines is 1. The first kappa shape index (κ1) is 15.8. The largest absolute Gasteiger partial charge is 0.491 e. The molecule has 0 radical (unpaired) electrons. The number of aromatic nitrogens is 2. The minimum atomic E-state index is -0.209. The number of carbonyl (C=O) groups excluding carboxylic acids is 1. The lowest BCUT2D eigenvalue weighted by atomic mass is 10.1. The van der Waals surface area contributed by atoms with Crippen molar-refractivity contribution >= 4 is 5.91 Å². The Labute approximate surface area is 140 Å². The highest BCUT2D eigenvalue weighted by molar-refractivity contribution is 5.92. The van der Waals surface area contributed by atoms with E-state index in [0.717, 1.165) is 22.6 Å². The Hall–Kier alpha value is -3.08. The van der Waals surface area contributed by atoms with Crippen LogP contribution in [0.25, 0.3) is 11.1 Å². The van der Waals surface area contributed by atoms with E-state index in [-0.39, 0.29) is 5.91 Å². The Morgan fingerprint density at radius 1 is 1.12 bits per heavy atom. The number of H-pyrrole nitrogens is 1. The molecule has 122 valence electrons. The molecule has 1 heterocycles. The molecule has 0 aliphatic rings. The smallest absolute Gasteiger partial charge is 0.271 e. The van der Waals surface area contributed by atoms with E-state index in [2.05, 4.69) is 15.5 Å². The fourth-order valence-electron chi connectivity index (χ4n) is 2.40. The summed E-state index contributed by atoms with van der Waals surface area (Å²) < 4.78 is 5.84. The Bertz CT molecular complexity index is 812. The minimum Gasteiger partial charge on any atom is -0.491 e. The molecular formula is C19H19N3O2. The average molecular weight is 321 g/mol. The van der Waals surface area contributed by atoms with Crippen LogP contribution in [0.5, 0.6) is 5.75 Å². The lowest BCUT2D eigenvalue weighted by Crippen LogP contribution is -2.28. The second-order valence-electron chi connectivity index (χ2n) is 5.40. The summed E-state index contributed by atoms with van der Waals surface area (Å²) in [7, 11) is 0. The summed E-state index contributed by atoms with van der Waals surface area (Å²) in [4.78, 5) is 11.9. The molecule has 0 saturated heterocycles. The summed E-state index contributed by atoms with van der Waals surface area (Å²) in [6, 6.07) is 19.7. The quantitative estimate of drug-likeness (QED) is 0.685. The van der Waals surface area contributed by atoms with Crippen molar-refractivity contribution in [1.29, 1.82) is 0 Å². The average Bonchev–Trinajstić information content (AvgIpc) is 3.06. The van der Waals surface area contributed by atoms with Gasteiger partial charge < -0.3 is 10.1 Å². The van der Waals surface area contributed by atoms with Gasteiger partial charge in [0.1, 0.15) is 18.1 Å². The molecule has 2 N–H and O–H groups in total. The van der Waals surface area contributed by atoms with Gasteiger partial charge in [-0.1, -0.05) is 48.5 Å². The van der Waals surface area contributed by atoms with Crippen LogP contribution in [0, 0.1) is 6.92 Å². The maximum Gasteiger partial charge on any atom is 0.271 e. The van der Waals surface area contributed by atoms with Gasteiger partial charge in [-0.2, -0.15) is 5.10 Å². The van der Waals surface area contributed by atoms with Crippen molar-refractivity contribution in [1.82, 2.24) is 15.5 Å². The number of aryl methyl sites for hydroxylation is 1. The predicted octanol–water partition coefficient (Wildman–Crippen LogP) is 3.19. The fraction of sp³-hybridized carbons (Fsp3) is 0.158. The molecule has 2 aromatic carbocycles. The zero-order valence-electron chi connectivity index (χ0n) is 13.5. The third-order valence-electron chi connectivity index (χ3n) is 3.56. The van der Waals surface area contributed by atoms with Crippen LogP contribution in [0.3, 0.4) is 0 Å². The fourth-order valence-corrected chi connectivity index (χ4v) is 2.40. The molecule has 0 bridgehead atoms. The molecule has 0 fully saturated rings. The van der Waals surface area contributed by atoms with Crippen molar-refractivity contribution in [2.45, 2.75) is 6.92 Å². The molecule has 3 rings (SSSR count). The number of amides is 1. The molecule has 5 nitrogen and oxygen atoms in total. The highest BCUT2D eigenvalue weighted by Crippen LogP contribution is 2.29. The lowest BCUT2D eigenvalue weighted by Gasteiger charge is -2.12. The van der Waals surface area contributed by atoms with Gasteiger partial charge in [0, 0.05) is 11.3 Å². The molecule has 1 amide bonds. The van der Waals surface area contributed by atoms with Gasteiger partial charge in [0.05, 0.1) is 6.54 Å². The van der Waals surface area contributed by atoms with Crippen molar-refractivity contribution in [3.8, 4) is 16.9 Å². The molecule has 1 aromatic heterocycles. The second kappa shape index (κ2) is 7.46. The molecule has 5 heteroatoms. The molecule has 0 aliphatic carbocycles. The molecule has 24 heavy (non-hydrogen) atoms. The Kier molecular flexibility index (Phi) is 4.91. The second-order valence-corrected chi connectivity index (χ2v) is 5.40. The van der Waals surface area contributed by atoms with Gasteiger partial charge in [0.2, 0.25) is 0 Å². The number of hydrogen-bond acceptors (Lipinski definition) is 3. The summed E-state index contributed by atoms with van der Waals surface area (Å²) in [5, 5.41) is 9.47. The van der Waals surface area contributed by atoms with Crippen LogP contribution < -0.4 is 10.1 Å². The van der Waals surface area contributed by atoms with Crippen LogP contribution in [0.1, 0.15) is 16.2 Å². The zero-order chi connectivity index (χ0) is 16.8. The van der Waals surface area contributed by atoms with Gasteiger partial charge in [-0.3, -0.25) is 9.89 Å². The van der Waals surface area contributed by atoms with Crippen molar-refractivity contribution in [3.63, 3.8) is 0 Å². The van der Waals surface area contributed by atoms with Gasteiger partial charge >= 0.3 is 0 Å². The summed E-state index contributed by atoms with van der Waals surface area (Å²) in [6.45, 7) is 2.65. The normalized spacial score (nSPS) is 10.4. The van der Waals surface area contributed by atoms with Crippen molar-refractivity contribution in [2.75, 3.05) is 13.2 Å². The molecule has 0 atom stereocenters. The number of ether oxygens (including phenoxy) is 1. The van der Waals surface area contributed by atoms with Crippen LogP contribution in [-0.4, -0.2) is 29.3 Å². The van der Waals surface area contributed by atoms with Crippen molar-refractivity contribution in [3.05, 3.63) is 72.1 Å². The third kappa shape index (κ3) is 3.81. The molecular weight excluding hydrogens is 302 g/mol. The summed E-state index contributed by atoms with van der Waals surface area (Å²) in [6.07, 6.45) is 0. The molecule has 0 unspecified atom stereocenters. The van der Waals surface area contributed by atoms with Gasteiger partial charge in [0.15, 0.2) is 0 Å². The highest BCUT2D eigenvalue weighted by atomic mass is 16.5. The highest BCUT2D eigenvalue weighted by Gasteiger charge is 2.09. The predicted molar refractivity (Wildman–Crippen MR) is 93.0 cm³/mol. The first-order valence-corrected chi connectivity index (χ1v) is 7.81. The zero-order valence-corrected chi connectivity index (χ0v) is 13.5. The maximum absolute atomic E-state index is 11.9. The summed E-state index contributed by atoms with van der Waals surface area (Å²) in [5.41, 5.74) is 3.38. The summed E-state index contributed by atoms with van der Waals surface area (Å²) >= 11 is 0. The van der Waals surface area contributed by atoms with E-state index in [1.807, 2.05) is 61.5 Å². The van der Waals surface area contributed by atoms with Crippen LogP contribution >= 0.6 is 0 Å². The molecule has 0 saturated carbocycles. The van der Waals surface area contributed by atoms with E-state index in [4.69, 9.17) is 4.74 Å². The van der Waals surface area contributed by atoms with E-state index in [9.17, 15) is 4.79 Å². The van der Waals surface area contributed by atoms with E-state index in [0.29, 0.717) is 18.8 Å². The molecule has 0 spiro atoms. The Morgan fingerprint density at radius 3 is 2.62 bits per heavy atom. The Morgan fingerprint density at radius 2 is 1.88 bits per heavy atom. The van der Waals surface area contributed by atoms with Crippen LogP contribution in [-0.2, 0) is 0 Å². The van der Waals surface area contributed by atoms with Crippen molar-refractivity contribution < 1.29 is 9.53 Å². The number of nitrogens with one attached hydrogen (secondary N) is 2. The van der Waals surface area contributed by atoms with E-state index >= 15 is 0 Å². The number of hydrogen-bond donors (Lipinski definition) is 2. The van der Waals surface area contributed by atoms with E-state index < -0.39 is 0 Å². The van der Waals surface area contributed by atoms with E-state index in [1.54, 1.807) is 6.07 Å². The van der Waals surface area contributed by atoms with Gasteiger partial charge in [-0.15, -0.1) is 0 Å². The number of rotatable bonds is 6.